The zero-order valence-electron chi connectivity index (χ0n) is 9.56. The standard InChI is InChI=1S/C15H11ClO2/c16-11-4-1-9(2-5-11)13-7-10-3-6-12(17)8-14(10)15(13)18/h1-6,8,13,17H,7H2. The van der Waals surface area contributed by atoms with Crippen LogP contribution in [0, 0.1) is 0 Å². The van der Waals surface area contributed by atoms with Crippen LogP contribution in [0.3, 0.4) is 0 Å². The molecule has 0 aliphatic heterocycles. The lowest BCUT2D eigenvalue weighted by Crippen LogP contribution is -2.06. The highest BCUT2D eigenvalue weighted by atomic mass is 35.5. The first-order valence-electron chi connectivity index (χ1n) is 5.77. The van der Waals surface area contributed by atoms with Gasteiger partial charge in [-0.2, -0.15) is 0 Å². The van der Waals surface area contributed by atoms with Crippen molar-refractivity contribution >= 4 is 17.4 Å². The monoisotopic (exact) mass is 258 g/mol. The van der Waals surface area contributed by atoms with Gasteiger partial charge >= 0.3 is 0 Å². The van der Waals surface area contributed by atoms with E-state index >= 15 is 0 Å². The van der Waals surface area contributed by atoms with Gasteiger partial charge in [0.1, 0.15) is 5.75 Å². The molecule has 0 saturated heterocycles. The molecule has 0 heterocycles. The van der Waals surface area contributed by atoms with Crippen LogP contribution >= 0.6 is 11.6 Å². The zero-order chi connectivity index (χ0) is 12.7. The summed E-state index contributed by atoms with van der Waals surface area (Å²) in [5.41, 5.74) is 2.60. The molecule has 1 atom stereocenters. The summed E-state index contributed by atoms with van der Waals surface area (Å²) >= 11 is 5.85. The maximum Gasteiger partial charge on any atom is 0.171 e. The van der Waals surface area contributed by atoms with Crippen LogP contribution in [0.2, 0.25) is 5.02 Å². The van der Waals surface area contributed by atoms with Gasteiger partial charge < -0.3 is 5.11 Å². The van der Waals surface area contributed by atoms with E-state index < -0.39 is 0 Å². The van der Waals surface area contributed by atoms with E-state index in [1.54, 1.807) is 24.3 Å². The summed E-state index contributed by atoms with van der Waals surface area (Å²) in [5.74, 6) is 0.0566. The summed E-state index contributed by atoms with van der Waals surface area (Å²) in [6.45, 7) is 0. The molecular formula is C15H11ClO2. The number of hydrogen-bond donors (Lipinski definition) is 1. The highest BCUT2D eigenvalue weighted by Gasteiger charge is 2.31. The second kappa shape index (κ2) is 4.14. The second-order valence-corrected chi connectivity index (χ2v) is 4.95. The van der Waals surface area contributed by atoms with Crippen molar-refractivity contribution in [1.29, 1.82) is 0 Å². The van der Waals surface area contributed by atoms with E-state index in [-0.39, 0.29) is 17.5 Å². The first-order valence-corrected chi connectivity index (χ1v) is 6.14. The molecule has 90 valence electrons. The maximum atomic E-state index is 12.3. The van der Waals surface area contributed by atoms with Crippen LogP contribution in [-0.4, -0.2) is 10.9 Å². The molecule has 18 heavy (non-hydrogen) atoms. The normalized spacial score (nSPS) is 17.8. The Morgan fingerprint density at radius 3 is 2.56 bits per heavy atom. The molecule has 0 saturated carbocycles. The Hall–Kier alpha value is -1.80. The van der Waals surface area contributed by atoms with Gasteiger partial charge in [-0.3, -0.25) is 4.79 Å². The summed E-state index contributed by atoms with van der Waals surface area (Å²) in [6, 6.07) is 12.4. The molecule has 3 rings (SSSR count). The number of hydrogen-bond acceptors (Lipinski definition) is 2. The summed E-state index contributed by atoms with van der Waals surface area (Å²) < 4.78 is 0. The Labute approximate surface area is 110 Å². The van der Waals surface area contributed by atoms with E-state index in [0.717, 1.165) is 11.1 Å². The zero-order valence-corrected chi connectivity index (χ0v) is 10.3. The van der Waals surface area contributed by atoms with Gasteiger partial charge in [0.25, 0.3) is 0 Å². The molecule has 0 spiro atoms. The van der Waals surface area contributed by atoms with Crippen LogP contribution in [0.15, 0.2) is 42.5 Å². The van der Waals surface area contributed by atoms with Crippen molar-refractivity contribution < 1.29 is 9.90 Å². The van der Waals surface area contributed by atoms with Gasteiger partial charge in [-0.25, -0.2) is 0 Å². The molecule has 1 aliphatic rings. The molecule has 1 unspecified atom stereocenters. The molecule has 3 heteroatoms. The van der Waals surface area contributed by atoms with Crippen molar-refractivity contribution in [3.8, 4) is 5.75 Å². The summed E-state index contributed by atoms with van der Waals surface area (Å²) in [7, 11) is 0. The second-order valence-electron chi connectivity index (χ2n) is 4.51. The van der Waals surface area contributed by atoms with Gasteiger partial charge in [0, 0.05) is 10.6 Å². The topological polar surface area (TPSA) is 37.3 Å². The Morgan fingerprint density at radius 2 is 1.83 bits per heavy atom. The Morgan fingerprint density at radius 1 is 1.11 bits per heavy atom. The van der Waals surface area contributed by atoms with Crippen molar-refractivity contribution in [3.63, 3.8) is 0 Å². The number of ketones is 1. The number of benzene rings is 2. The predicted octanol–water partition coefficient (Wildman–Crippen LogP) is 3.57. The molecule has 2 aromatic rings. The predicted molar refractivity (Wildman–Crippen MR) is 70.3 cm³/mol. The molecule has 0 bridgehead atoms. The summed E-state index contributed by atoms with van der Waals surface area (Å²) in [5, 5.41) is 10.1. The minimum atomic E-state index is -0.154. The minimum Gasteiger partial charge on any atom is -0.508 e. The number of Topliss-reactive ketones (excluding diaryl/α,β-unsaturated/α-hetero) is 1. The van der Waals surface area contributed by atoms with Crippen molar-refractivity contribution in [2.75, 3.05) is 0 Å². The number of carbonyl (C=O) groups is 1. The third-order valence-electron chi connectivity index (χ3n) is 3.37. The Balaban J connectivity index is 1.99. The highest BCUT2D eigenvalue weighted by molar-refractivity contribution is 6.30. The maximum absolute atomic E-state index is 12.3. The molecule has 0 radical (unpaired) electrons. The van der Waals surface area contributed by atoms with Crippen LogP contribution in [0.4, 0.5) is 0 Å². The van der Waals surface area contributed by atoms with Gasteiger partial charge in [0.2, 0.25) is 0 Å². The van der Waals surface area contributed by atoms with Gasteiger partial charge in [-0.15, -0.1) is 0 Å². The highest BCUT2D eigenvalue weighted by Crippen LogP contribution is 2.35. The van der Waals surface area contributed by atoms with Crippen molar-refractivity contribution in [2.45, 2.75) is 12.3 Å². The fourth-order valence-electron chi connectivity index (χ4n) is 2.44. The third kappa shape index (κ3) is 1.79. The lowest BCUT2D eigenvalue weighted by molar-refractivity contribution is 0.0972. The lowest BCUT2D eigenvalue weighted by atomic mass is 9.95. The van der Waals surface area contributed by atoms with Crippen LogP contribution in [0.5, 0.6) is 5.75 Å². The Bertz CT molecular complexity index is 617. The van der Waals surface area contributed by atoms with Crippen molar-refractivity contribution in [3.05, 3.63) is 64.2 Å². The number of fused-ring (bicyclic) bond motifs is 1. The molecule has 2 aromatic carbocycles. The van der Waals surface area contributed by atoms with E-state index in [1.165, 1.54) is 0 Å². The van der Waals surface area contributed by atoms with Gasteiger partial charge in [-0.1, -0.05) is 29.8 Å². The largest absolute Gasteiger partial charge is 0.508 e. The molecule has 0 aromatic heterocycles. The summed E-state index contributed by atoms with van der Waals surface area (Å²) in [4.78, 5) is 12.3. The molecule has 0 fully saturated rings. The lowest BCUT2D eigenvalue weighted by Gasteiger charge is -2.07. The number of halogens is 1. The van der Waals surface area contributed by atoms with Crippen LogP contribution in [0.1, 0.15) is 27.4 Å². The van der Waals surface area contributed by atoms with Gasteiger partial charge in [0.15, 0.2) is 5.78 Å². The van der Waals surface area contributed by atoms with Crippen LogP contribution < -0.4 is 0 Å². The van der Waals surface area contributed by atoms with Crippen molar-refractivity contribution in [1.82, 2.24) is 0 Å². The van der Waals surface area contributed by atoms with Gasteiger partial charge in [0.05, 0.1) is 5.92 Å². The van der Waals surface area contributed by atoms with E-state index in [9.17, 15) is 9.90 Å². The number of phenols is 1. The van der Waals surface area contributed by atoms with E-state index in [2.05, 4.69) is 0 Å². The van der Waals surface area contributed by atoms with E-state index in [4.69, 9.17) is 11.6 Å². The number of aromatic hydroxyl groups is 1. The first kappa shape index (κ1) is 11.3. The van der Waals surface area contributed by atoms with Crippen LogP contribution in [-0.2, 0) is 6.42 Å². The fraction of sp³-hybridized carbons (Fsp3) is 0.133. The first-order chi connectivity index (χ1) is 8.65. The average Bonchev–Trinajstić information content (AvgIpc) is 2.68. The minimum absolute atomic E-state index is 0.0724. The number of rotatable bonds is 1. The smallest absolute Gasteiger partial charge is 0.171 e. The van der Waals surface area contributed by atoms with Gasteiger partial charge in [-0.05, 0) is 41.8 Å². The average molecular weight is 259 g/mol. The fourth-order valence-corrected chi connectivity index (χ4v) is 2.56. The third-order valence-corrected chi connectivity index (χ3v) is 3.62. The number of phenolic OH excluding ortho intramolecular Hbond substituents is 1. The van der Waals surface area contributed by atoms with E-state index in [1.807, 2.05) is 18.2 Å². The molecule has 2 nitrogen and oxygen atoms in total. The molecule has 1 N–H and O–H groups in total. The Kier molecular flexibility index (Phi) is 2.60. The summed E-state index contributed by atoms with van der Waals surface area (Å²) in [6.07, 6.45) is 0.691. The van der Waals surface area contributed by atoms with Crippen molar-refractivity contribution in [2.24, 2.45) is 0 Å². The van der Waals surface area contributed by atoms with E-state index in [0.29, 0.717) is 17.0 Å². The quantitative estimate of drug-likeness (QED) is 0.849. The molecule has 1 aliphatic carbocycles. The molecular weight excluding hydrogens is 248 g/mol. The number of carbonyl (C=O) groups excluding carboxylic acids is 1. The van der Waals surface area contributed by atoms with Crippen LogP contribution in [0.25, 0.3) is 0 Å². The SMILES string of the molecule is O=C1c2cc(O)ccc2CC1c1ccc(Cl)cc1. The molecule has 0 amide bonds.